The van der Waals surface area contributed by atoms with Gasteiger partial charge in [0.15, 0.2) is 0 Å². The molecular formula is C25H28FN3O3S. The summed E-state index contributed by atoms with van der Waals surface area (Å²) < 4.78 is 41.9. The van der Waals surface area contributed by atoms with Gasteiger partial charge >= 0.3 is 6.03 Å². The molecule has 0 saturated carbocycles. The summed E-state index contributed by atoms with van der Waals surface area (Å²) in [5.41, 5.74) is 4.41. The molecule has 0 aliphatic carbocycles. The molecule has 2 N–H and O–H groups in total. The summed E-state index contributed by atoms with van der Waals surface area (Å²) >= 11 is 0. The number of hydrogen-bond acceptors (Lipinski definition) is 3. The van der Waals surface area contributed by atoms with E-state index >= 15 is 0 Å². The number of nitrogens with one attached hydrogen (secondary N) is 2. The third-order valence-electron chi connectivity index (χ3n) is 5.19. The van der Waals surface area contributed by atoms with Crippen LogP contribution in [0.2, 0.25) is 0 Å². The smallest absolute Gasteiger partial charge is 0.308 e. The van der Waals surface area contributed by atoms with Gasteiger partial charge in [0.25, 0.3) is 0 Å². The normalized spacial score (nSPS) is 11.3. The Morgan fingerprint density at radius 1 is 0.879 bits per heavy atom. The van der Waals surface area contributed by atoms with Crippen molar-refractivity contribution in [3.05, 3.63) is 88.7 Å². The number of amides is 2. The van der Waals surface area contributed by atoms with Gasteiger partial charge in [-0.05, 0) is 75.2 Å². The Bertz CT molecular complexity index is 1220. The Kier molecular flexibility index (Phi) is 7.50. The largest absolute Gasteiger partial charge is 0.326 e. The Morgan fingerprint density at radius 3 is 2.03 bits per heavy atom. The van der Waals surface area contributed by atoms with Gasteiger partial charge in [-0.3, -0.25) is 4.90 Å². The minimum Gasteiger partial charge on any atom is -0.308 e. The molecule has 0 fully saturated rings. The minimum absolute atomic E-state index is 0.0201. The lowest BCUT2D eigenvalue weighted by atomic mass is 10.1. The van der Waals surface area contributed by atoms with Crippen molar-refractivity contribution in [2.75, 3.05) is 23.3 Å². The van der Waals surface area contributed by atoms with Gasteiger partial charge in [-0.1, -0.05) is 35.4 Å². The summed E-state index contributed by atoms with van der Waals surface area (Å²) in [6.07, 6.45) is 0. The molecule has 6 nitrogen and oxygen atoms in total. The third kappa shape index (κ3) is 6.18. The molecule has 2 amide bonds. The van der Waals surface area contributed by atoms with Crippen LogP contribution in [-0.4, -0.2) is 27.5 Å². The van der Waals surface area contributed by atoms with Crippen LogP contribution >= 0.6 is 0 Å². The molecule has 0 bridgehead atoms. The van der Waals surface area contributed by atoms with Crippen molar-refractivity contribution in [1.82, 2.24) is 4.72 Å². The molecular weight excluding hydrogens is 441 g/mol. The maximum atomic E-state index is 13.4. The van der Waals surface area contributed by atoms with E-state index in [9.17, 15) is 17.6 Å². The van der Waals surface area contributed by atoms with E-state index in [2.05, 4.69) is 10.0 Å². The van der Waals surface area contributed by atoms with Crippen LogP contribution in [0.25, 0.3) is 0 Å². The summed E-state index contributed by atoms with van der Waals surface area (Å²) in [6, 6.07) is 16.0. The van der Waals surface area contributed by atoms with Crippen LogP contribution in [0.15, 0.2) is 65.6 Å². The average Bonchev–Trinajstić information content (AvgIpc) is 2.72. The van der Waals surface area contributed by atoms with Crippen molar-refractivity contribution in [2.24, 2.45) is 0 Å². The van der Waals surface area contributed by atoms with Crippen molar-refractivity contribution < 1.29 is 17.6 Å². The van der Waals surface area contributed by atoms with E-state index in [1.807, 2.05) is 38.1 Å². The number of nitrogens with zero attached hydrogens (tertiary/aromatic N) is 1. The molecule has 8 heteroatoms. The molecule has 0 saturated heterocycles. The van der Waals surface area contributed by atoms with Gasteiger partial charge in [0.2, 0.25) is 10.0 Å². The van der Waals surface area contributed by atoms with Gasteiger partial charge < -0.3 is 5.32 Å². The number of carbonyl (C=O) groups is 1. The second-order valence-corrected chi connectivity index (χ2v) is 9.75. The monoisotopic (exact) mass is 469 g/mol. The molecule has 0 atom stereocenters. The maximum absolute atomic E-state index is 13.4. The van der Waals surface area contributed by atoms with Crippen LogP contribution in [0.3, 0.4) is 0 Å². The van der Waals surface area contributed by atoms with E-state index in [0.717, 1.165) is 11.1 Å². The summed E-state index contributed by atoms with van der Waals surface area (Å²) in [6.45, 7) is 7.40. The number of halogens is 1. The van der Waals surface area contributed by atoms with Crippen LogP contribution in [-0.2, 0) is 10.0 Å². The molecule has 33 heavy (non-hydrogen) atoms. The molecule has 3 aromatic carbocycles. The fourth-order valence-corrected chi connectivity index (χ4v) is 5.22. The molecule has 3 aromatic rings. The number of carbonyl (C=O) groups excluding carboxylic acids is 1. The Balaban J connectivity index is 1.78. The Hall–Kier alpha value is -3.23. The van der Waals surface area contributed by atoms with Crippen molar-refractivity contribution in [3.8, 4) is 0 Å². The van der Waals surface area contributed by atoms with Crippen LogP contribution in [0.4, 0.5) is 20.6 Å². The van der Waals surface area contributed by atoms with E-state index in [4.69, 9.17) is 0 Å². The summed E-state index contributed by atoms with van der Waals surface area (Å²) in [4.78, 5) is 14.6. The van der Waals surface area contributed by atoms with Crippen molar-refractivity contribution in [1.29, 1.82) is 0 Å². The average molecular weight is 470 g/mol. The highest BCUT2D eigenvalue weighted by atomic mass is 32.2. The molecule has 3 rings (SSSR count). The maximum Gasteiger partial charge on any atom is 0.326 e. The lowest BCUT2D eigenvalue weighted by Gasteiger charge is -2.24. The van der Waals surface area contributed by atoms with Gasteiger partial charge in [-0.25, -0.2) is 22.3 Å². The zero-order valence-corrected chi connectivity index (χ0v) is 20.0. The molecule has 174 valence electrons. The van der Waals surface area contributed by atoms with Crippen LogP contribution < -0.4 is 14.9 Å². The summed E-state index contributed by atoms with van der Waals surface area (Å²) in [5.74, 6) is -0.427. The van der Waals surface area contributed by atoms with Crippen molar-refractivity contribution in [2.45, 2.75) is 32.6 Å². The molecule has 0 aliphatic rings. The fraction of sp³-hybridized carbons (Fsp3) is 0.240. The molecule has 0 radical (unpaired) electrons. The van der Waals surface area contributed by atoms with Gasteiger partial charge in [-0.15, -0.1) is 0 Å². The molecule has 0 heterocycles. The van der Waals surface area contributed by atoms with E-state index in [1.54, 1.807) is 26.0 Å². The Labute approximate surface area is 194 Å². The highest BCUT2D eigenvalue weighted by Gasteiger charge is 2.21. The Morgan fingerprint density at radius 2 is 1.45 bits per heavy atom. The predicted molar refractivity (Wildman–Crippen MR) is 130 cm³/mol. The topological polar surface area (TPSA) is 78.5 Å². The van der Waals surface area contributed by atoms with Gasteiger partial charge in [-0.2, -0.15) is 0 Å². The first kappa shape index (κ1) is 24.4. The third-order valence-corrected chi connectivity index (χ3v) is 6.95. The van der Waals surface area contributed by atoms with Gasteiger partial charge in [0.1, 0.15) is 5.82 Å². The first-order valence-corrected chi connectivity index (χ1v) is 12.0. The quantitative estimate of drug-likeness (QED) is 0.507. The van der Waals surface area contributed by atoms with E-state index < -0.39 is 21.9 Å². The fourth-order valence-electron chi connectivity index (χ4n) is 3.75. The zero-order chi connectivity index (χ0) is 24.2. The van der Waals surface area contributed by atoms with Crippen LogP contribution in [0.5, 0.6) is 0 Å². The summed E-state index contributed by atoms with van der Waals surface area (Å²) in [7, 11) is -3.78. The highest BCUT2D eigenvalue weighted by molar-refractivity contribution is 7.89. The number of rotatable bonds is 7. The van der Waals surface area contributed by atoms with Crippen molar-refractivity contribution in [3.63, 3.8) is 0 Å². The number of sulfonamides is 1. The summed E-state index contributed by atoms with van der Waals surface area (Å²) in [5, 5.41) is 2.80. The predicted octanol–water partition coefficient (Wildman–Crippen LogP) is 5.08. The zero-order valence-electron chi connectivity index (χ0n) is 19.1. The molecule has 0 unspecified atom stereocenters. The first-order valence-electron chi connectivity index (χ1n) is 10.5. The van der Waals surface area contributed by atoms with Crippen molar-refractivity contribution >= 4 is 27.4 Å². The van der Waals surface area contributed by atoms with E-state index in [-0.39, 0.29) is 18.0 Å². The number of benzene rings is 3. The lowest BCUT2D eigenvalue weighted by molar-refractivity contribution is 0.257. The van der Waals surface area contributed by atoms with Gasteiger partial charge in [0, 0.05) is 24.5 Å². The first-order chi connectivity index (χ1) is 15.6. The molecule has 0 aromatic heterocycles. The van der Waals surface area contributed by atoms with Crippen LogP contribution in [0, 0.1) is 33.5 Å². The number of anilines is 2. The highest BCUT2D eigenvalue weighted by Crippen LogP contribution is 2.22. The van der Waals surface area contributed by atoms with E-state index in [0.29, 0.717) is 22.5 Å². The standard InChI is InChI=1S/C25H28FN3O3S/c1-17-5-9-22(10-6-17)28-25(30)29(23-11-7-21(26)8-12-23)14-13-27-33(31,32)24-19(3)15-18(2)16-20(24)4/h5-12,15-16,27H,13-14H2,1-4H3,(H,28,30). The van der Waals surface area contributed by atoms with E-state index in [1.165, 1.54) is 29.2 Å². The number of hydrogen-bond donors (Lipinski definition) is 2. The second kappa shape index (κ2) is 10.1. The minimum atomic E-state index is -3.78. The van der Waals surface area contributed by atoms with Crippen LogP contribution in [0.1, 0.15) is 22.3 Å². The molecule has 0 spiro atoms. The number of aryl methyl sites for hydroxylation is 4. The number of urea groups is 1. The van der Waals surface area contributed by atoms with Gasteiger partial charge in [0.05, 0.1) is 4.90 Å². The SMILES string of the molecule is Cc1ccc(NC(=O)N(CCNS(=O)(=O)c2c(C)cc(C)cc2C)c2ccc(F)cc2)cc1. The molecule has 0 aliphatic heterocycles. The second-order valence-electron chi connectivity index (χ2n) is 8.05. The lowest BCUT2D eigenvalue weighted by Crippen LogP contribution is -2.41.